The Morgan fingerprint density at radius 2 is 2.21 bits per heavy atom. The number of phenolic OH excluding ortho intramolecular Hbond substituents is 1. The van der Waals surface area contributed by atoms with Crippen molar-refractivity contribution in [1.82, 2.24) is 9.88 Å². The van der Waals surface area contributed by atoms with E-state index in [0.717, 1.165) is 24.2 Å². The van der Waals surface area contributed by atoms with Crippen LogP contribution in [0.1, 0.15) is 25.1 Å². The molecule has 2 N–H and O–H groups in total. The molecule has 4 nitrogen and oxygen atoms in total. The molecule has 0 bridgehead atoms. The quantitative estimate of drug-likeness (QED) is 0.849. The van der Waals surface area contributed by atoms with Gasteiger partial charge >= 0.3 is 0 Å². The summed E-state index contributed by atoms with van der Waals surface area (Å²) in [6, 6.07) is 3.26. The fourth-order valence-electron chi connectivity index (χ4n) is 2.70. The van der Waals surface area contributed by atoms with Crippen molar-refractivity contribution in [2.24, 2.45) is 0 Å². The molecule has 1 aromatic carbocycles. The van der Waals surface area contributed by atoms with E-state index in [9.17, 15) is 9.90 Å². The van der Waals surface area contributed by atoms with Crippen molar-refractivity contribution in [3.63, 3.8) is 0 Å². The Kier molecular flexibility index (Phi) is 2.87. The van der Waals surface area contributed by atoms with Crippen molar-refractivity contribution < 1.29 is 9.90 Å². The smallest absolute Gasteiger partial charge is 0.217 e. The molecule has 0 aliphatic carbocycles. The van der Waals surface area contributed by atoms with Gasteiger partial charge in [-0.05, 0) is 12.5 Å². The zero-order valence-electron chi connectivity index (χ0n) is 10.2. The Labute approximate surface area is 119 Å². The number of hydrogen-bond donors (Lipinski definition) is 2. The summed E-state index contributed by atoms with van der Waals surface area (Å²) in [6.07, 6.45) is 0.814. The summed E-state index contributed by atoms with van der Waals surface area (Å²) >= 11 is 12.2. The van der Waals surface area contributed by atoms with Crippen molar-refractivity contribution >= 4 is 40.0 Å². The van der Waals surface area contributed by atoms with Gasteiger partial charge in [-0.25, -0.2) is 0 Å². The lowest BCUT2D eigenvalue weighted by Gasteiger charge is -2.09. The van der Waals surface area contributed by atoms with E-state index in [2.05, 4.69) is 5.32 Å². The lowest BCUT2D eigenvalue weighted by Crippen LogP contribution is -2.24. The topological polar surface area (TPSA) is 54.3 Å². The zero-order valence-corrected chi connectivity index (χ0v) is 11.7. The van der Waals surface area contributed by atoms with Gasteiger partial charge < -0.3 is 15.0 Å². The van der Waals surface area contributed by atoms with Crippen LogP contribution < -0.4 is 5.32 Å². The molecule has 0 fully saturated rings. The summed E-state index contributed by atoms with van der Waals surface area (Å²) in [5.41, 5.74) is 1.68. The number of fused-ring (bicyclic) bond motifs is 3. The van der Waals surface area contributed by atoms with Crippen molar-refractivity contribution in [2.45, 2.75) is 25.9 Å². The minimum Gasteiger partial charge on any atom is -0.507 e. The van der Waals surface area contributed by atoms with E-state index in [1.165, 1.54) is 13.0 Å². The van der Waals surface area contributed by atoms with Crippen molar-refractivity contribution in [3.05, 3.63) is 27.9 Å². The average molecular weight is 299 g/mol. The monoisotopic (exact) mass is 298 g/mol. The molecule has 0 radical (unpaired) electrons. The number of aryl methyl sites for hydroxylation is 1. The van der Waals surface area contributed by atoms with Gasteiger partial charge in [0.15, 0.2) is 0 Å². The highest BCUT2D eigenvalue weighted by atomic mass is 35.5. The van der Waals surface area contributed by atoms with Crippen LogP contribution in [-0.4, -0.2) is 15.6 Å². The molecule has 0 saturated heterocycles. The van der Waals surface area contributed by atoms with Crippen LogP contribution in [0.5, 0.6) is 5.75 Å². The van der Waals surface area contributed by atoms with Gasteiger partial charge in [-0.15, -0.1) is 0 Å². The molecule has 0 spiro atoms. The van der Waals surface area contributed by atoms with Gasteiger partial charge in [0.2, 0.25) is 5.91 Å². The second-order valence-electron chi connectivity index (χ2n) is 4.72. The summed E-state index contributed by atoms with van der Waals surface area (Å²) < 4.78 is 2.00. The van der Waals surface area contributed by atoms with E-state index in [0.29, 0.717) is 15.4 Å². The highest BCUT2D eigenvalue weighted by molar-refractivity contribution is 6.45. The van der Waals surface area contributed by atoms with Crippen molar-refractivity contribution in [2.75, 3.05) is 0 Å². The maximum absolute atomic E-state index is 11.2. The molecule has 1 aliphatic heterocycles. The van der Waals surface area contributed by atoms with Gasteiger partial charge in [0.05, 0.1) is 21.6 Å². The van der Waals surface area contributed by atoms with Crippen LogP contribution in [0.15, 0.2) is 12.1 Å². The number of carbonyl (C=O) groups excluding carboxylic acids is 1. The van der Waals surface area contributed by atoms with E-state index in [1.807, 2.05) is 10.6 Å². The van der Waals surface area contributed by atoms with Gasteiger partial charge in [0, 0.05) is 30.6 Å². The predicted octanol–water partition coefficient (Wildman–Crippen LogP) is 3.23. The molecule has 1 aliphatic rings. The summed E-state index contributed by atoms with van der Waals surface area (Å²) in [5, 5.41) is 14.3. The average Bonchev–Trinajstić information content (AvgIpc) is 2.86. The standard InChI is InChI=1S/C13H12Cl2N2O2/c1-6(18)16-9-2-3-17-10(9)4-7-11(19)5-8(14)12(15)13(7)17/h4-5,9,19H,2-3H2,1H3,(H,16,18)/t9-/m1/s1. The predicted molar refractivity (Wildman–Crippen MR) is 74.8 cm³/mol. The maximum atomic E-state index is 11.2. The number of rotatable bonds is 1. The van der Waals surface area contributed by atoms with E-state index < -0.39 is 0 Å². The third-order valence-electron chi connectivity index (χ3n) is 3.46. The van der Waals surface area contributed by atoms with Crippen molar-refractivity contribution in [1.29, 1.82) is 0 Å². The second-order valence-corrected chi connectivity index (χ2v) is 5.50. The van der Waals surface area contributed by atoms with Gasteiger partial charge in [-0.1, -0.05) is 23.2 Å². The SMILES string of the molecule is CC(=O)N[C@@H]1CCn2c1cc1c(O)cc(Cl)c(Cl)c12. The highest BCUT2D eigenvalue weighted by Crippen LogP contribution is 2.42. The van der Waals surface area contributed by atoms with Crippen LogP contribution in [0.25, 0.3) is 10.9 Å². The second kappa shape index (κ2) is 4.32. The number of carbonyl (C=O) groups is 1. The number of nitrogens with zero attached hydrogens (tertiary/aromatic N) is 1. The first-order valence-corrected chi connectivity index (χ1v) is 6.72. The normalized spacial score (nSPS) is 17.7. The number of halogens is 2. The lowest BCUT2D eigenvalue weighted by atomic mass is 10.1. The number of aromatic nitrogens is 1. The first-order valence-electron chi connectivity index (χ1n) is 5.96. The molecule has 6 heteroatoms. The van der Waals surface area contributed by atoms with Gasteiger partial charge in [0.25, 0.3) is 0 Å². The number of amides is 1. The Bertz CT molecular complexity index is 694. The Morgan fingerprint density at radius 1 is 1.47 bits per heavy atom. The van der Waals surface area contributed by atoms with Crippen LogP contribution in [0.2, 0.25) is 10.0 Å². The van der Waals surface area contributed by atoms with Crippen LogP contribution in [0.3, 0.4) is 0 Å². The number of hydrogen-bond acceptors (Lipinski definition) is 2. The molecule has 1 amide bonds. The molecule has 2 aromatic rings. The van der Waals surface area contributed by atoms with E-state index in [1.54, 1.807) is 0 Å². The number of nitrogens with one attached hydrogen (secondary N) is 1. The number of benzene rings is 1. The van der Waals surface area contributed by atoms with Crippen molar-refractivity contribution in [3.8, 4) is 5.75 Å². The number of aromatic hydroxyl groups is 1. The van der Waals surface area contributed by atoms with Crippen LogP contribution >= 0.6 is 23.2 Å². The highest BCUT2D eigenvalue weighted by Gasteiger charge is 2.27. The first-order chi connectivity index (χ1) is 8.99. The van der Waals surface area contributed by atoms with E-state index >= 15 is 0 Å². The zero-order chi connectivity index (χ0) is 13.7. The number of phenols is 1. The van der Waals surface area contributed by atoms with Gasteiger partial charge in [0.1, 0.15) is 5.75 Å². The first kappa shape index (κ1) is 12.6. The Morgan fingerprint density at radius 3 is 2.89 bits per heavy atom. The fourth-order valence-corrected chi connectivity index (χ4v) is 3.15. The largest absolute Gasteiger partial charge is 0.507 e. The molecule has 1 aromatic heterocycles. The summed E-state index contributed by atoms with van der Waals surface area (Å²) in [6.45, 7) is 2.23. The van der Waals surface area contributed by atoms with E-state index in [-0.39, 0.29) is 17.7 Å². The Hall–Kier alpha value is -1.39. The molecular formula is C13H12Cl2N2O2. The maximum Gasteiger partial charge on any atom is 0.217 e. The minimum atomic E-state index is -0.0722. The molecule has 1 atom stereocenters. The van der Waals surface area contributed by atoms with E-state index in [4.69, 9.17) is 23.2 Å². The van der Waals surface area contributed by atoms with Crippen LogP contribution in [0, 0.1) is 0 Å². The third-order valence-corrected chi connectivity index (χ3v) is 4.24. The van der Waals surface area contributed by atoms with Gasteiger partial charge in [-0.2, -0.15) is 0 Å². The summed E-state index contributed by atoms with van der Waals surface area (Å²) in [7, 11) is 0. The molecule has 2 heterocycles. The molecule has 100 valence electrons. The van der Waals surface area contributed by atoms with Crippen LogP contribution in [-0.2, 0) is 11.3 Å². The minimum absolute atomic E-state index is 0.0425. The van der Waals surface area contributed by atoms with Crippen LogP contribution in [0.4, 0.5) is 0 Å². The summed E-state index contributed by atoms with van der Waals surface area (Å²) in [5.74, 6) is 0.0323. The molecule has 3 rings (SSSR count). The summed E-state index contributed by atoms with van der Waals surface area (Å²) in [4.78, 5) is 11.2. The molecular weight excluding hydrogens is 287 g/mol. The molecule has 0 saturated carbocycles. The fraction of sp³-hybridized carbons (Fsp3) is 0.308. The molecule has 19 heavy (non-hydrogen) atoms. The Balaban J connectivity index is 2.22. The lowest BCUT2D eigenvalue weighted by molar-refractivity contribution is -0.119. The third kappa shape index (κ3) is 1.86. The molecule has 0 unspecified atom stereocenters. The van der Waals surface area contributed by atoms with Gasteiger partial charge in [-0.3, -0.25) is 4.79 Å².